The molecule has 3 rings (SSSR count). The molecule has 0 radical (unpaired) electrons. The third kappa shape index (κ3) is 1.99. The van der Waals surface area contributed by atoms with E-state index in [2.05, 4.69) is 15.1 Å². The number of carboxylic acids is 1. The molecule has 0 bridgehead atoms. The summed E-state index contributed by atoms with van der Waals surface area (Å²) < 4.78 is 1.46. The van der Waals surface area contributed by atoms with Gasteiger partial charge < -0.3 is 10.0 Å². The second-order valence-electron chi connectivity index (χ2n) is 4.36. The number of nitrogens with zero attached hydrogens (tertiary/aromatic N) is 5. The number of hydrogen-bond acceptors (Lipinski definition) is 6. The summed E-state index contributed by atoms with van der Waals surface area (Å²) in [5.74, 6) is -0.481. The molecule has 1 aliphatic heterocycles. The predicted molar refractivity (Wildman–Crippen MR) is 70.4 cm³/mol. The molecule has 1 saturated heterocycles. The van der Waals surface area contributed by atoms with E-state index in [1.807, 2.05) is 6.92 Å². The van der Waals surface area contributed by atoms with E-state index in [-0.39, 0.29) is 5.82 Å². The molecule has 104 valence electrons. The molecule has 2 aromatic rings. The zero-order valence-electron chi connectivity index (χ0n) is 10.6. The first-order valence-electron chi connectivity index (χ1n) is 5.88. The third-order valence-electron chi connectivity index (χ3n) is 3.05. The molecular weight excluding hydrogens is 282 g/mol. The van der Waals surface area contributed by atoms with Gasteiger partial charge in [0.2, 0.25) is 5.82 Å². The molecule has 0 aliphatic carbocycles. The van der Waals surface area contributed by atoms with Gasteiger partial charge in [0.1, 0.15) is 6.04 Å². The predicted octanol–water partition coefficient (Wildman–Crippen LogP) is 0.0324. The van der Waals surface area contributed by atoms with Gasteiger partial charge in [-0.3, -0.25) is 4.79 Å². The van der Waals surface area contributed by atoms with Gasteiger partial charge in [-0.1, -0.05) is 0 Å². The number of rotatable bonds is 2. The Morgan fingerprint density at radius 2 is 2.30 bits per heavy atom. The normalized spacial score (nSPS) is 18.6. The van der Waals surface area contributed by atoms with Crippen molar-refractivity contribution in [3.63, 3.8) is 0 Å². The fraction of sp³-hybridized carbons (Fsp3) is 0.364. The summed E-state index contributed by atoms with van der Waals surface area (Å²) >= 11 is 1.40. The van der Waals surface area contributed by atoms with Crippen LogP contribution in [0.25, 0.3) is 5.78 Å². The standard InChI is InChI=1S/C11H11N5O3S/c1-6-2-3-12-11-13-8(14-16(6)11)9(17)15-5-20-4-7(15)10(18)19/h2-3,7H,4-5H2,1H3,(H,18,19)/t7-/m0/s1. The molecule has 2 aromatic heterocycles. The minimum Gasteiger partial charge on any atom is -0.480 e. The van der Waals surface area contributed by atoms with Gasteiger partial charge in [-0.05, 0) is 13.0 Å². The first-order valence-corrected chi connectivity index (χ1v) is 7.03. The Morgan fingerprint density at radius 1 is 1.50 bits per heavy atom. The number of thioether (sulfide) groups is 1. The molecule has 9 heteroatoms. The Hall–Kier alpha value is -2.16. The van der Waals surface area contributed by atoms with Gasteiger partial charge in [0, 0.05) is 17.6 Å². The van der Waals surface area contributed by atoms with Crippen molar-refractivity contribution in [3.8, 4) is 0 Å². The number of aromatic nitrogens is 4. The Morgan fingerprint density at radius 3 is 3.00 bits per heavy atom. The molecule has 3 heterocycles. The first-order chi connectivity index (χ1) is 9.58. The Labute approximate surface area is 117 Å². The maximum Gasteiger partial charge on any atom is 0.327 e. The van der Waals surface area contributed by atoms with E-state index in [4.69, 9.17) is 5.11 Å². The number of fused-ring (bicyclic) bond motifs is 1. The molecule has 1 amide bonds. The molecule has 1 fully saturated rings. The lowest BCUT2D eigenvalue weighted by Crippen LogP contribution is -2.42. The molecule has 0 aromatic carbocycles. The van der Waals surface area contributed by atoms with Gasteiger partial charge >= 0.3 is 5.97 Å². The topological polar surface area (TPSA) is 101 Å². The number of aryl methyl sites for hydroxylation is 1. The molecule has 8 nitrogen and oxygen atoms in total. The second kappa shape index (κ2) is 4.75. The number of hydrogen-bond donors (Lipinski definition) is 1. The zero-order chi connectivity index (χ0) is 14.3. The van der Waals surface area contributed by atoms with Crippen molar-refractivity contribution in [1.82, 2.24) is 24.5 Å². The average Bonchev–Trinajstić information content (AvgIpc) is 3.05. The molecular formula is C11H11N5O3S. The van der Waals surface area contributed by atoms with Gasteiger partial charge in [-0.15, -0.1) is 16.9 Å². The highest BCUT2D eigenvalue weighted by Gasteiger charge is 2.36. The lowest BCUT2D eigenvalue weighted by Gasteiger charge is -2.18. The van der Waals surface area contributed by atoms with Gasteiger partial charge in [-0.25, -0.2) is 14.3 Å². The van der Waals surface area contributed by atoms with Gasteiger partial charge in [-0.2, -0.15) is 4.98 Å². The van der Waals surface area contributed by atoms with Crippen molar-refractivity contribution >= 4 is 29.4 Å². The van der Waals surface area contributed by atoms with Crippen LogP contribution in [0, 0.1) is 6.92 Å². The molecule has 20 heavy (non-hydrogen) atoms. The summed E-state index contributed by atoms with van der Waals surface area (Å²) in [7, 11) is 0. The van der Waals surface area contributed by atoms with E-state index in [1.165, 1.54) is 21.2 Å². The van der Waals surface area contributed by atoms with Crippen LogP contribution in [0.15, 0.2) is 12.3 Å². The highest BCUT2D eigenvalue weighted by atomic mass is 32.2. The first kappa shape index (κ1) is 12.9. The zero-order valence-corrected chi connectivity index (χ0v) is 11.4. The van der Waals surface area contributed by atoms with Crippen molar-refractivity contribution < 1.29 is 14.7 Å². The Bertz CT molecular complexity index is 700. The van der Waals surface area contributed by atoms with Crippen LogP contribution in [-0.4, -0.2) is 59.1 Å². The SMILES string of the molecule is Cc1ccnc2nc(C(=O)N3CSC[C@H]3C(=O)O)nn12. The van der Waals surface area contributed by atoms with E-state index < -0.39 is 17.9 Å². The fourth-order valence-corrected chi connectivity index (χ4v) is 3.12. The Balaban J connectivity index is 1.96. The maximum atomic E-state index is 12.3. The van der Waals surface area contributed by atoms with Crippen LogP contribution in [0.5, 0.6) is 0 Å². The Kier molecular flexibility index (Phi) is 3.05. The van der Waals surface area contributed by atoms with Crippen LogP contribution < -0.4 is 0 Å². The molecule has 1 aliphatic rings. The lowest BCUT2D eigenvalue weighted by molar-refractivity contribution is -0.140. The molecule has 0 unspecified atom stereocenters. The van der Waals surface area contributed by atoms with Gasteiger partial charge in [0.05, 0.1) is 5.88 Å². The minimum absolute atomic E-state index is 0.0273. The largest absolute Gasteiger partial charge is 0.480 e. The van der Waals surface area contributed by atoms with E-state index in [0.717, 1.165) is 5.69 Å². The summed E-state index contributed by atoms with van der Waals surface area (Å²) in [6.45, 7) is 1.82. The molecule has 0 spiro atoms. The number of carboxylic acid groups (broad SMARTS) is 1. The molecule has 1 atom stereocenters. The quantitative estimate of drug-likeness (QED) is 0.833. The average molecular weight is 293 g/mol. The van der Waals surface area contributed by atoms with Crippen LogP contribution in [0.1, 0.15) is 16.3 Å². The number of carbonyl (C=O) groups is 2. The third-order valence-corrected chi connectivity index (χ3v) is 4.06. The van der Waals surface area contributed by atoms with Crippen LogP contribution in [0.3, 0.4) is 0 Å². The summed E-state index contributed by atoms with van der Waals surface area (Å²) in [5.41, 5.74) is 0.798. The highest BCUT2D eigenvalue weighted by molar-refractivity contribution is 7.99. The van der Waals surface area contributed by atoms with E-state index in [1.54, 1.807) is 12.3 Å². The minimum atomic E-state index is -1.01. The summed E-state index contributed by atoms with van der Waals surface area (Å²) in [6.07, 6.45) is 1.58. The number of amides is 1. The van der Waals surface area contributed by atoms with Crippen molar-refractivity contribution in [3.05, 3.63) is 23.8 Å². The summed E-state index contributed by atoms with van der Waals surface area (Å²) in [4.78, 5) is 32.8. The molecule has 1 N–H and O–H groups in total. The second-order valence-corrected chi connectivity index (χ2v) is 5.36. The van der Waals surface area contributed by atoms with Crippen LogP contribution >= 0.6 is 11.8 Å². The maximum absolute atomic E-state index is 12.3. The van der Waals surface area contributed by atoms with E-state index in [9.17, 15) is 9.59 Å². The smallest absolute Gasteiger partial charge is 0.327 e. The van der Waals surface area contributed by atoms with Crippen molar-refractivity contribution in [2.45, 2.75) is 13.0 Å². The van der Waals surface area contributed by atoms with Gasteiger partial charge in [0.15, 0.2) is 0 Å². The summed E-state index contributed by atoms with van der Waals surface area (Å²) in [6, 6.07) is 0.926. The number of carbonyl (C=O) groups excluding carboxylic acids is 1. The molecule has 0 saturated carbocycles. The fourth-order valence-electron chi connectivity index (χ4n) is 1.97. The monoisotopic (exact) mass is 293 g/mol. The number of aliphatic carboxylic acids is 1. The van der Waals surface area contributed by atoms with Crippen molar-refractivity contribution in [2.75, 3.05) is 11.6 Å². The van der Waals surface area contributed by atoms with Crippen LogP contribution in [0.2, 0.25) is 0 Å². The van der Waals surface area contributed by atoms with Crippen molar-refractivity contribution in [1.29, 1.82) is 0 Å². The van der Waals surface area contributed by atoms with Crippen LogP contribution in [-0.2, 0) is 4.79 Å². The van der Waals surface area contributed by atoms with E-state index in [0.29, 0.717) is 17.4 Å². The van der Waals surface area contributed by atoms with Crippen LogP contribution in [0.4, 0.5) is 0 Å². The van der Waals surface area contributed by atoms with Gasteiger partial charge in [0.25, 0.3) is 11.7 Å². The lowest BCUT2D eigenvalue weighted by atomic mass is 10.3. The van der Waals surface area contributed by atoms with Crippen molar-refractivity contribution in [2.24, 2.45) is 0 Å². The van der Waals surface area contributed by atoms with E-state index >= 15 is 0 Å². The summed E-state index contributed by atoms with van der Waals surface area (Å²) in [5, 5.41) is 13.2. The highest BCUT2D eigenvalue weighted by Crippen LogP contribution is 2.22.